The lowest BCUT2D eigenvalue weighted by molar-refractivity contribution is 0.680. The van der Waals surface area contributed by atoms with Gasteiger partial charge >= 0.3 is 0 Å². The smallest absolute Gasteiger partial charge is 0.229 e. The van der Waals surface area contributed by atoms with Crippen molar-refractivity contribution in [2.45, 2.75) is 24.4 Å². The van der Waals surface area contributed by atoms with Crippen molar-refractivity contribution in [3.63, 3.8) is 0 Å². The molecule has 2 heterocycles. The number of imidazole rings is 1. The molecule has 19 heavy (non-hydrogen) atoms. The van der Waals surface area contributed by atoms with Gasteiger partial charge in [0.05, 0.1) is 5.75 Å². The van der Waals surface area contributed by atoms with Crippen molar-refractivity contribution in [1.29, 1.82) is 0 Å². The molecule has 0 spiro atoms. The van der Waals surface area contributed by atoms with Crippen LogP contribution in [0.1, 0.15) is 12.7 Å². The molecule has 7 nitrogen and oxygen atoms in total. The zero-order chi connectivity index (χ0) is 13.8. The highest BCUT2D eigenvalue weighted by molar-refractivity contribution is 7.98. The van der Waals surface area contributed by atoms with Gasteiger partial charge in [0.15, 0.2) is 5.16 Å². The molecule has 0 radical (unpaired) electrons. The van der Waals surface area contributed by atoms with Crippen LogP contribution in [0.25, 0.3) is 0 Å². The average molecular weight is 279 g/mol. The SMILES string of the molecule is CCn1ccnc1SCc1nc(N)nc(N(C)C)n1. The molecule has 2 N–H and O–H groups in total. The predicted octanol–water partition coefficient (Wildman–Crippen LogP) is 1.03. The first-order valence-electron chi connectivity index (χ1n) is 5.91. The fraction of sp³-hybridized carbons (Fsp3) is 0.455. The Morgan fingerprint density at radius 2 is 2.11 bits per heavy atom. The summed E-state index contributed by atoms with van der Waals surface area (Å²) in [5.41, 5.74) is 5.68. The summed E-state index contributed by atoms with van der Waals surface area (Å²) in [6, 6.07) is 0. The molecule has 0 fully saturated rings. The fourth-order valence-corrected chi connectivity index (χ4v) is 2.37. The number of rotatable bonds is 5. The lowest BCUT2D eigenvalue weighted by atomic mass is 10.6. The molecule has 0 unspecified atom stereocenters. The predicted molar refractivity (Wildman–Crippen MR) is 76.0 cm³/mol. The van der Waals surface area contributed by atoms with Gasteiger partial charge in [0.2, 0.25) is 11.9 Å². The normalized spacial score (nSPS) is 10.7. The van der Waals surface area contributed by atoms with Crippen LogP contribution in [-0.4, -0.2) is 38.6 Å². The van der Waals surface area contributed by atoms with Crippen molar-refractivity contribution < 1.29 is 0 Å². The lowest BCUT2D eigenvalue weighted by Gasteiger charge is -2.11. The molecule has 0 amide bonds. The maximum absolute atomic E-state index is 5.68. The van der Waals surface area contributed by atoms with Crippen molar-refractivity contribution in [3.8, 4) is 0 Å². The molecule has 0 saturated carbocycles. The number of hydrogen-bond acceptors (Lipinski definition) is 7. The zero-order valence-corrected chi connectivity index (χ0v) is 12.1. The van der Waals surface area contributed by atoms with Gasteiger partial charge in [-0.2, -0.15) is 15.0 Å². The third-order valence-electron chi connectivity index (χ3n) is 2.44. The molecule has 0 atom stereocenters. The third-order valence-corrected chi connectivity index (χ3v) is 3.44. The topological polar surface area (TPSA) is 85.8 Å². The highest BCUT2D eigenvalue weighted by atomic mass is 32.2. The number of aryl methyl sites for hydroxylation is 1. The zero-order valence-electron chi connectivity index (χ0n) is 11.2. The Balaban J connectivity index is 2.11. The second-order valence-corrected chi connectivity index (χ2v) is 5.03. The molecule has 0 aliphatic heterocycles. The van der Waals surface area contributed by atoms with Crippen LogP contribution in [0.15, 0.2) is 17.6 Å². The Morgan fingerprint density at radius 1 is 1.32 bits per heavy atom. The van der Waals surface area contributed by atoms with E-state index in [4.69, 9.17) is 5.73 Å². The van der Waals surface area contributed by atoms with Gasteiger partial charge in [0.25, 0.3) is 0 Å². The van der Waals surface area contributed by atoms with Gasteiger partial charge in [-0.05, 0) is 6.92 Å². The second-order valence-electron chi connectivity index (χ2n) is 4.09. The van der Waals surface area contributed by atoms with Gasteiger partial charge in [-0.1, -0.05) is 11.8 Å². The second kappa shape index (κ2) is 5.87. The van der Waals surface area contributed by atoms with Crippen molar-refractivity contribution in [1.82, 2.24) is 24.5 Å². The van der Waals surface area contributed by atoms with Crippen LogP contribution in [0.3, 0.4) is 0 Å². The average Bonchev–Trinajstić information content (AvgIpc) is 2.83. The van der Waals surface area contributed by atoms with Crippen LogP contribution in [0, 0.1) is 0 Å². The van der Waals surface area contributed by atoms with Gasteiger partial charge in [-0.3, -0.25) is 0 Å². The molecule has 8 heteroatoms. The molecule has 0 aliphatic carbocycles. The van der Waals surface area contributed by atoms with E-state index in [0.717, 1.165) is 11.7 Å². The minimum absolute atomic E-state index is 0.244. The minimum Gasteiger partial charge on any atom is -0.368 e. The Hall–Kier alpha value is -1.83. The van der Waals surface area contributed by atoms with Gasteiger partial charge in [0, 0.05) is 33.0 Å². The molecular formula is C11H17N7S. The van der Waals surface area contributed by atoms with Gasteiger partial charge in [0.1, 0.15) is 5.82 Å². The summed E-state index contributed by atoms with van der Waals surface area (Å²) in [5.74, 6) is 2.09. The fourth-order valence-electron chi connectivity index (χ4n) is 1.50. The standard InChI is InChI=1S/C11H17N7S/c1-4-18-6-5-13-11(18)19-7-8-14-9(12)16-10(15-8)17(2)3/h5-6H,4,7H2,1-3H3,(H2,12,14,15,16). The number of anilines is 2. The Morgan fingerprint density at radius 3 is 2.79 bits per heavy atom. The largest absolute Gasteiger partial charge is 0.368 e. The van der Waals surface area contributed by atoms with Crippen molar-refractivity contribution in [3.05, 3.63) is 18.2 Å². The highest BCUT2D eigenvalue weighted by Gasteiger charge is 2.08. The minimum atomic E-state index is 0.244. The summed E-state index contributed by atoms with van der Waals surface area (Å²) >= 11 is 1.59. The summed E-state index contributed by atoms with van der Waals surface area (Å²) in [4.78, 5) is 18.7. The van der Waals surface area contributed by atoms with E-state index in [2.05, 4.69) is 31.4 Å². The Kier molecular flexibility index (Phi) is 4.20. The van der Waals surface area contributed by atoms with Gasteiger partial charge in [-0.25, -0.2) is 4.98 Å². The van der Waals surface area contributed by atoms with Crippen LogP contribution in [-0.2, 0) is 12.3 Å². The molecule has 102 valence electrons. The molecule has 0 aromatic carbocycles. The van der Waals surface area contributed by atoms with E-state index in [-0.39, 0.29) is 5.95 Å². The molecular weight excluding hydrogens is 262 g/mol. The van der Waals surface area contributed by atoms with Gasteiger partial charge in [-0.15, -0.1) is 0 Å². The van der Waals surface area contributed by atoms with Crippen molar-refractivity contribution in [2.24, 2.45) is 0 Å². The lowest BCUT2D eigenvalue weighted by Crippen LogP contribution is -2.16. The number of hydrogen-bond donors (Lipinski definition) is 1. The molecule has 2 rings (SSSR count). The summed E-state index contributed by atoms with van der Waals surface area (Å²) in [6.45, 7) is 2.97. The Bertz CT molecular complexity index is 552. The summed E-state index contributed by atoms with van der Waals surface area (Å²) in [6.07, 6.45) is 3.74. The van der Waals surface area contributed by atoms with Crippen molar-refractivity contribution >= 4 is 23.7 Å². The first-order valence-corrected chi connectivity index (χ1v) is 6.90. The first kappa shape index (κ1) is 13.6. The number of thioether (sulfide) groups is 1. The molecule has 0 saturated heterocycles. The van der Waals surface area contributed by atoms with Crippen molar-refractivity contribution in [2.75, 3.05) is 24.7 Å². The van der Waals surface area contributed by atoms with Crippen LogP contribution in [0.2, 0.25) is 0 Å². The highest BCUT2D eigenvalue weighted by Crippen LogP contribution is 2.20. The van der Waals surface area contributed by atoms with E-state index in [0.29, 0.717) is 17.5 Å². The molecule has 2 aromatic heterocycles. The first-order chi connectivity index (χ1) is 9.10. The molecule has 0 bridgehead atoms. The monoisotopic (exact) mass is 279 g/mol. The number of nitrogen functional groups attached to an aromatic ring is 1. The Labute approximate surface area is 116 Å². The number of nitrogens with two attached hydrogens (primary N) is 1. The van der Waals surface area contributed by atoms with Crippen LogP contribution in [0.4, 0.5) is 11.9 Å². The number of aromatic nitrogens is 5. The summed E-state index contributed by atoms with van der Waals surface area (Å²) < 4.78 is 2.07. The van der Waals surface area contributed by atoms with E-state index in [1.807, 2.05) is 20.3 Å². The summed E-state index contributed by atoms with van der Waals surface area (Å²) in [7, 11) is 3.74. The third kappa shape index (κ3) is 3.34. The van der Waals surface area contributed by atoms with E-state index in [9.17, 15) is 0 Å². The van der Waals surface area contributed by atoms with E-state index >= 15 is 0 Å². The van der Waals surface area contributed by atoms with E-state index in [1.165, 1.54) is 0 Å². The van der Waals surface area contributed by atoms with E-state index in [1.54, 1.807) is 22.9 Å². The van der Waals surface area contributed by atoms with E-state index < -0.39 is 0 Å². The maximum atomic E-state index is 5.68. The molecule has 2 aromatic rings. The molecule has 0 aliphatic rings. The van der Waals surface area contributed by atoms with Crippen LogP contribution >= 0.6 is 11.8 Å². The quantitative estimate of drug-likeness (QED) is 0.818. The van der Waals surface area contributed by atoms with Crippen LogP contribution in [0.5, 0.6) is 0 Å². The maximum Gasteiger partial charge on any atom is 0.229 e. The number of nitrogens with zero attached hydrogens (tertiary/aromatic N) is 6. The van der Waals surface area contributed by atoms with Crippen LogP contribution < -0.4 is 10.6 Å². The van der Waals surface area contributed by atoms with Gasteiger partial charge < -0.3 is 15.2 Å². The summed E-state index contributed by atoms with van der Waals surface area (Å²) in [5, 5.41) is 0.952.